The van der Waals surface area contributed by atoms with Crippen molar-refractivity contribution in [1.29, 1.82) is 0 Å². The molecule has 2 nitrogen and oxygen atoms in total. The monoisotopic (exact) mass is 244 g/mol. The zero-order valence-corrected chi connectivity index (χ0v) is 11.6. The van der Waals surface area contributed by atoms with Crippen molar-refractivity contribution in [3.05, 3.63) is 29.8 Å². The van der Waals surface area contributed by atoms with Crippen LogP contribution in [0.5, 0.6) is 0 Å². The van der Waals surface area contributed by atoms with Crippen LogP contribution in [0.1, 0.15) is 38.7 Å². The molecule has 1 aromatic carbocycles. The van der Waals surface area contributed by atoms with Crippen LogP contribution in [0.3, 0.4) is 0 Å². The van der Waals surface area contributed by atoms with E-state index >= 15 is 0 Å². The molecule has 2 aliphatic rings. The van der Waals surface area contributed by atoms with E-state index in [2.05, 4.69) is 48.3 Å². The lowest BCUT2D eigenvalue weighted by Crippen LogP contribution is -2.37. The average molecular weight is 244 g/mol. The van der Waals surface area contributed by atoms with Crippen LogP contribution in [0, 0.1) is 0 Å². The van der Waals surface area contributed by atoms with E-state index < -0.39 is 0 Å². The number of para-hydroxylation sites is 1. The molecule has 98 valence electrons. The molecule has 1 N–H and O–H groups in total. The molecule has 3 rings (SSSR count). The summed E-state index contributed by atoms with van der Waals surface area (Å²) < 4.78 is 0. The average Bonchev–Trinajstić information content (AvgIpc) is 2.60. The summed E-state index contributed by atoms with van der Waals surface area (Å²) in [5, 5.41) is 3.65. The van der Waals surface area contributed by atoms with Gasteiger partial charge in [0.25, 0.3) is 0 Å². The van der Waals surface area contributed by atoms with Crippen LogP contribution in [0.15, 0.2) is 24.3 Å². The molecule has 0 saturated carbocycles. The second-order valence-electron chi connectivity index (χ2n) is 6.40. The summed E-state index contributed by atoms with van der Waals surface area (Å²) in [5.41, 5.74) is 3.32. The second kappa shape index (κ2) is 4.58. The molecule has 0 spiro atoms. The molecule has 18 heavy (non-hydrogen) atoms. The first-order valence-electron chi connectivity index (χ1n) is 7.25. The first-order chi connectivity index (χ1) is 8.66. The molecule has 2 heterocycles. The molecule has 0 bridgehead atoms. The molecule has 0 aromatic heterocycles. The van der Waals surface area contributed by atoms with Crippen LogP contribution in [0.4, 0.5) is 5.69 Å². The van der Waals surface area contributed by atoms with Crippen LogP contribution in [0.2, 0.25) is 0 Å². The van der Waals surface area contributed by atoms with Crippen molar-refractivity contribution in [2.45, 2.75) is 51.1 Å². The van der Waals surface area contributed by atoms with Crippen molar-refractivity contribution < 1.29 is 0 Å². The number of aryl methyl sites for hydroxylation is 1. The molecule has 1 saturated heterocycles. The topological polar surface area (TPSA) is 15.3 Å². The fourth-order valence-corrected chi connectivity index (χ4v) is 3.45. The molecule has 1 atom stereocenters. The third-order valence-corrected chi connectivity index (χ3v) is 4.40. The van der Waals surface area contributed by atoms with E-state index in [9.17, 15) is 0 Å². The largest absolute Gasteiger partial charge is 0.367 e. The molecule has 0 aliphatic carbocycles. The lowest BCUT2D eigenvalue weighted by molar-refractivity contribution is 0.452. The Morgan fingerprint density at radius 3 is 2.83 bits per heavy atom. The summed E-state index contributed by atoms with van der Waals surface area (Å²) in [4.78, 5) is 2.66. The molecule has 2 aliphatic heterocycles. The van der Waals surface area contributed by atoms with E-state index in [-0.39, 0.29) is 0 Å². The Kier molecular flexibility index (Phi) is 3.06. The minimum atomic E-state index is 0.298. The van der Waals surface area contributed by atoms with Gasteiger partial charge in [-0.1, -0.05) is 18.2 Å². The normalized spacial score (nSPS) is 26.8. The highest BCUT2D eigenvalue weighted by atomic mass is 15.2. The van der Waals surface area contributed by atoms with Gasteiger partial charge in [-0.15, -0.1) is 0 Å². The van der Waals surface area contributed by atoms with Crippen LogP contribution in [-0.4, -0.2) is 24.7 Å². The molecule has 0 radical (unpaired) electrons. The minimum Gasteiger partial charge on any atom is -0.367 e. The number of nitrogens with zero attached hydrogens (tertiary/aromatic N) is 1. The zero-order chi connectivity index (χ0) is 12.6. The molecular formula is C16H24N2. The first kappa shape index (κ1) is 12.0. The quantitative estimate of drug-likeness (QED) is 0.817. The number of benzene rings is 1. The molecule has 0 amide bonds. The van der Waals surface area contributed by atoms with Crippen molar-refractivity contribution in [3.63, 3.8) is 0 Å². The fourth-order valence-electron chi connectivity index (χ4n) is 3.45. The number of anilines is 1. The second-order valence-corrected chi connectivity index (χ2v) is 6.40. The highest BCUT2D eigenvalue weighted by Crippen LogP contribution is 2.32. The lowest BCUT2D eigenvalue weighted by Gasteiger charge is -2.31. The maximum atomic E-state index is 3.65. The van der Waals surface area contributed by atoms with Gasteiger partial charge in [-0.2, -0.15) is 0 Å². The predicted molar refractivity (Wildman–Crippen MR) is 77.2 cm³/mol. The summed E-state index contributed by atoms with van der Waals surface area (Å²) in [5.74, 6) is 0. The van der Waals surface area contributed by atoms with Crippen molar-refractivity contribution in [1.82, 2.24) is 5.32 Å². The van der Waals surface area contributed by atoms with E-state index in [1.807, 2.05) is 0 Å². The predicted octanol–water partition coefficient (Wildman–Crippen LogP) is 2.97. The van der Waals surface area contributed by atoms with Crippen LogP contribution in [-0.2, 0) is 6.42 Å². The summed E-state index contributed by atoms with van der Waals surface area (Å²) in [6.45, 7) is 6.98. The SMILES string of the molecule is CC1(C)CC(N2CCCCc3ccccc32)CN1. The van der Waals surface area contributed by atoms with Crippen molar-refractivity contribution in [2.24, 2.45) is 0 Å². The van der Waals surface area contributed by atoms with E-state index in [1.54, 1.807) is 5.56 Å². The summed E-state index contributed by atoms with van der Waals surface area (Å²) in [7, 11) is 0. The van der Waals surface area contributed by atoms with Gasteiger partial charge in [0.1, 0.15) is 0 Å². The van der Waals surface area contributed by atoms with E-state index in [4.69, 9.17) is 0 Å². The smallest absolute Gasteiger partial charge is 0.0432 e. The van der Waals surface area contributed by atoms with Crippen LogP contribution in [0.25, 0.3) is 0 Å². The molecule has 1 unspecified atom stereocenters. The van der Waals surface area contributed by atoms with Gasteiger partial charge in [-0.3, -0.25) is 0 Å². The molecule has 2 heteroatoms. The number of hydrogen-bond acceptors (Lipinski definition) is 2. The van der Waals surface area contributed by atoms with Gasteiger partial charge in [0, 0.05) is 30.4 Å². The Morgan fingerprint density at radius 2 is 2.06 bits per heavy atom. The maximum absolute atomic E-state index is 3.65. The van der Waals surface area contributed by atoms with E-state index in [1.165, 1.54) is 37.9 Å². The molecule has 1 aromatic rings. The van der Waals surface area contributed by atoms with Gasteiger partial charge < -0.3 is 10.2 Å². The summed E-state index contributed by atoms with van der Waals surface area (Å²) in [6.07, 6.45) is 5.15. The Morgan fingerprint density at radius 1 is 1.22 bits per heavy atom. The number of nitrogens with one attached hydrogen (secondary N) is 1. The summed E-state index contributed by atoms with van der Waals surface area (Å²) in [6, 6.07) is 9.65. The third kappa shape index (κ3) is 2.26. The van der Waals surface area contributed by atoms with Gasteiger partial charge in [0.2, 0.25) is 0 Å². The summed E-state index contributed by atoms with van der Waals surface area (Å²) >= 11 is 0. The highest BCUT2D eigenvalue weighted by molar-refractivity contribution is 5.55. The number of rotatable bonds is 1. The van der Waals surface area contributed by atoms with Gasteiger partial charge >= 0.3 is 0 Å². The lowest BCUT2D eigenvalue weighted by atomic mass is 10.00. The fraction of sp³-hybridized carbons (Fsp3) is 0.625. The van der Waals surface area contributed by atoms with Crippen molar-refractivity contribution >= 4 is 5.69 Å². The Labute approximate surface area is 110 Å². The van der Waals surface area contributed by atoms with Gasteiger partial charge in [0.05, 0.1) is 0 Å². The van der Waals surface area contributed by atoms with Crippen molar-refractivity contribution in [2.75, 3.05) is 18.0 Å². The standard InChI is InChI=1S/C16H24N2/c1-16(2)11-14(12-17-16)18-10-6-5-8-13-7-3-4-9-15(13)18/h3-4,7,9,14,17H,5-6,8,10-12H2,1-2H3. The molecule has 1 fully saturated rings. The Hall–Kier alpha value is -1.02. The number of fused-ring (bicyclic) bond motifs is 1. The Bertz CT molecular complexity index is 425. The Balaban J connectivity index is 1.88. The third-order valence-electron chi connectivity index (χ3n) is 4.40. The van der Waals surface area contributed by atoms with E-state index in [0.29, 0.717) is 11.6 Å². The zero-order valence-electron chi connectivity index (χ0n) is 11.6. The van der Waals surface area contributed by atoms with Gasteiger partial charge in [-0.05, 0) is 51.2 Å². The molecular weight excluding hydrogens is 220 g/mol. The van der Waals surface area contributed by atoms with Crippen molar-refractivity contribution in [3.8, 4) is 0 Å². The first-order valence-corrected chi connectivity index (χ1v) is 7.25. The van der Waals surface area contributed by atoms with Gasteiger partial charge in [-0.25, -0.2) is 0 Å². The maximum Gasteiger partial charge on any atom is 0.0432 e. The highest BCUT2D eigenvalue weighted by Gasteiger charge is 2.34. The minimum absolute atomic E-state index is 0.298. The van der Waals surface area contributed by atoms with E-state index in [0.717, 1.165) is 6.54 Å². The van der Waals surface area contributed by atoms with Crippen LogP contribution >= 0.6 is 0 Å². The van der Waals surface area contributed by atoms with Gasteiger partial charge in [0.15, 0.2) is 0 Å². The van der Waals surface area contributed by atoms with Crippen LogP contribution < -0.4 is 10.2 Å². The number of hydrogen-bond donors (Lipinski definition) is 1.